The van der Waals surface area contributed by atoms with E-state index in [1.165, 1.54) is 19.2 Å². The van der Waals surface area contributed by atoms with Gasteiger partial charge in [0, 0.05) is 30.7 Å². The average Bonchev–Trinajstić information content (AvgIpc) is 2.66. The Labute approximate surface area is 180 Å². The number of aromatic nitrogens is 2. The number of carbonyl (C=O) groups is 1. The summed E-state index contributed by atoms with van der Waals surface area (Å²) < 4.78 is 43.8. The molecule has 2 aromatic rings. The average molecular weight is 460 g/mol. The van der Waals surface area contributed by atoms with Gasteiger partial charge < -0.3 is 10.5 Å². The Balaban J connectivity index is 2.50. The number of alkyl halides is 3. The summed E-state index contributed by atoms with van der Waals surface area (Å²) in [6.45, 7) is 3.90. The van der Waals surface area contributed by atoms with Gasteiger partial charge in [-0.25, -0.2) is 4.79 Å². The number of anilines is 2. The van der Waals surface area contributed by atoms with E-state index in [1.54, 1.807) is 0 Å². The summed E-state index contributed by atoms with van der Waals surface area (Å²) in [5, 5.41) is 0. The molecule has 0 aliphatic heterocycles. The Morgan fingerprint density at radius 1 is 1.26 bits per heavy atom. The topological polar surface area (TPSA) is 110 Å². The number of methoxy groups -OCH3 is 1. The minimum Gasteiger partial charge on any atom is -0.383 e. The third-order valence-electron chi connectivity index (χ3n) is 4.13. The zero-order valence-electron chi connectivity index (χ0n) is 17.2. The van der Waals surface area contributed by atoms with Crippen LogP contribution in [0.1, 0.15) is 24.2 Å². The zero-order valence-corrected chi connectivity index (χ0v) is 18.0. The first-order valence-electron chi connectivity index (χ1n) is 9.23. The smallest absolute Gasteiger partial charge is 0.383 e. The molecule has 1 heterocycles. The molecule has 170 valence electrons. The molecule has 0 saturated carbocycles. The van der Waals surface area contributed by atoms with Gasteiger partial charge in [0.05, 0.1) is 6.61 Å². The van der Waals surface area contributed by atoms with Crippen LogP contribution < -0.4 is 21.9 Å². The van der Waals surface area contributed by atoms with Gasteiger partial charge in [0.1, 0.15) is 5.82 Å². The Morgan fingerprint density at radius 3 is 2.39 bits per heavy atom. The number of thioether (sulfide) groups is 1. The highest BCUT2D eigenvalue weighted by molar-refractivity contribution is 8.00. The summed E-state index contributed by atoms with van der Waals surface area (Å²) in [6.07, 6.45) is 0. The number of rotatable bonds is 8. The first kappa shape index (κ1) is 24.5. The third-order valence-corrected chi connectivity index (χ3v) is 4.87. The molecule has 0 aliphatic carbocycles. The van der Waals surface area contributed by atoms with Crippen LogP contribution in [0.4, 0.5) is 24.7 Å². The van der Waals surface area contributed by atoms with Gasteiger partial charge >= 0.3 is 11.2 Å². The highest BCUT2D eigenvalue weighted by atomic mass is 32.2. The van der Waals surface area contributed by atoms with Crippen LogP contribution in [0.15, 0.2) is 38.8 Å². The summed E-state index contributed by atoms with van der Waals surface area (Å²) in [5.74, 6) is -0.829. The molecule has 0 atom stereocenters. The van der Waals surface area contributed by atoms with Crippen LogP contribution >= 0.6 is 11.8 Å². The number of benzene rings is 1. The number of aromatic amines is 1. The van der Waals surface area contributed by atoms with Crippen LogP contribution in [0, 0.1) is 5.92 Å². The van der Waals surface area contributed by atoms with Gasteiger partial charge in [-0.05, 0) is 41.9 Å². The summed E-state index contributed by atoms with van der Waals surface area (Å²) in [7, 11) is 1.40. The number of amides is 1. The van der Waals surface area contributed by atoms with Gasteiger partial charge in [-0.1, -0.05) is 13.8 Å². The molecular weight excluding hydrogens is 437 g/mol. The number of H-pyrrole nitrogens is 1. The van der Waals surface area contributed by atoms with E-state index in [0.717, 1.165) is 21.6 Å². The summed E-state index contributed by atoms with van der Waals surface area (Å²) in [5.41, 5.74) is -0.0947. The van der Waals surface area contributed by atoms with Gasteiger partial charge in [-0.3, -0.25) is 24.0 Å². The van der Waals surface area contributed by atoms with Crippen molar-refractivity contribution in [2.75, 3.05) is 30.9 Å². The molecular formula is C19H23F3N4O4S. The van der Waals surface area contributed by atoms with Gasteiger partial charge in [-0.15, -0.1) is 0 Å². The molecule has 1 aromatic carbocycles. The molecule has 8 nitrogen and oxygen atoms in total. The van der Waals surface area contributed by atoms with E-state index in [0.29, 0.717) is 0 Å². The number of hydrogen-bond acceptors (Lipinski definition) is 6. The van der Waals surface area contributed by atoms with Crippen LogP contribution in [-0.4, -0.2) is 41.2 Å². The maximum atomic E-state index is 13.1. The monoisotopic (exact) mass is 460 g/mol. The van der Waals surface area contributed by atoms with Crippen LogP contribution in [0.5, 0.6) is 0 Å². The maximum absolute atomic E-state index is 13.1. The number of nitrogens with one attached hydrogen (secondary N) is 1. The van der Waals surface area contributed by atoms with Crippen molar-refractivity contribution in [3.05, 3.63) is 50.7 Å². The quantitative estimate of drug-likeness (QED) is 0.586. The molecule has 31 heavy (non-hydrogen) atoms. The van der Waals surface area contributed by atoms with Crippen molar-refractivity contribution in [2.45, 2.75) is 30.8 Å². The van der Waals surface area contributed by atoms with Gasteiger partial charge in [-0.2, -0.15) is 13.2 Å². The van der Waals surface area contributed by atoms with Crippen LogP contribution in [0.3, 0.4) is 0 Å². The van der Waals surface area contributed by atoms with Gasteiger partial charge in [0.25, 0.3) is 11.5 Å². The second-order valence-electron chi connectivity index (χ2n) is 7.02. The lowest BCUT2D eigenvalue weighted by Crippen LogP contribution is -2.42. The van der Waals surface area contributed by atoms with E-state index in [9.17, 15) is 27.6 Å². The second-order valence-corrected chi connectivity index (χ2v) is 8.16. The number of nitrogens with two attached hydrogens (primary N) is 1. The van der Waals surface area contributed by atoms with Gasteiger partial charge in [0.2, 0.25) is 0 Å². The molecule has 0 fully saturated rings. The Bertz CT molecular complexity index is 1030. The van der Waals surface area contributed by atoms with E-state index in [2.05, 4.69) is 4.98 Å². The fourth-order valence-electron chi connectivity index (χ4n) is 2.84. The van der Waals surface area contributed by atoms with Crippen molar-refractivity contribution in [3.8, 4) is 0 Å². The summed E-state index contributed by atoms with van der Waals surface area (Å²) in [6, 6.07) is 4.77. The molecule has 0 unspecified atom stereocenters. The number of nitrogen functional groups attached to an aromatic ring is 1. The molecule has 1 aromatic heterocycles. The molecule has 0 radical (unpaired) electrons. The molecule has 2 rings (SSSR count). The van der Waals surface area contributed by atoms with E-state index < -0.39 is 22.7 Å². The van der Waals surface area contributed by atoms with Crippen molar-refractivity contribution in [3.63, 3.8) is 0 Å². The molecule has 3 N–H and O–H groups in total. The highest BCUT2D eigenvalue weighted by Gasteiger charge is 2.30. The van der Waals surface area contributed by atoms with Crippen molar-refractivity contribution < 1.29 is 22.7 Å². The Kier molecular flexibility index (Phi) is 7.96. The molecule has 0 spiro atoms. The molecule has 0 aliphatic rings. The number of halogens is 3. The Morgan fingerprint density at radius 2 is 1.87 bits per heavy atom. The summed E-state index contributed by atoms with van der Waals surface area (Å²) >= 11 is -0.304. The van der Waals surface area contributed by atoms with Crippen LogP contribution in [-0.2, 0) is 11.3 Å². The van der Waals surface area contributed by atoms with Crippen molar-refractivity contribution in [2.24, 2.45) is 5.92 Å². The first-order valence-corrected chi connectivity index (χ1v) is 10.1. The van der Waals surface area contributed by atoms with Crippen molar-refractivity contribution in [1.29, 1.82) is 0 Å². The lowest BCUT2D eigenvalue weighted by molar-refractivity contribution is -0.0328. The number of nitrogens with zero attached hydrogens (tertiary/aromatic N) is 2. The number of ether oxygens (including phenoxy) is 1. The molecule has 0 bridgehead atoms. The van der Waals surface area contributed by atoms with Crippen molar-refractivity contribution >= 4 is 29.2 Å². The standard InChI is InChI=1S/C19H23F3N4O4S/c1-11(2)10-26-15(23)14(16(27)24-18(26)29)25(8-9-30-3)17(28)12-4-6-13(7-5-12)31-19(20,21)22/h4-7,11H,8-10,23H2,1-3H3,(H,24,27,29). The van der Waals surface area contributed by atoms with E-state index in [-0.39, 0.29) is 59.3 Å². The fraction of sp³-hybridized carbons (Fsp3) is 0.421. The predicted molar refractivity (Wildman–Crippen MR) is 112 cm³/mol. The highest BCUT2D eigenvalue weighted by Crippen LogP contribution is 2.36. The Hall–Kier alpha value is -2.73. The predicted octanol–water partition coefficient (Wildman–Crippen LogP) is 2.68. The fourth-order valence-corrected chi connectivity index (χ4v) is 3.38. The largest absolute Gasteiger partial charge is 0.446 e. The zero-order chi connectivity index (χ0) is 23.3. The third kappa shape index (κ3) is 6.37. The lowest BCUT2D eigenvalue weighted by atomic mass is 10.2. The number of hydrogen-bond donors (Lipinski definition) is 2. The maximum Gasteiger partial charge on any atom is 0.446 e. The first-order chi connectivity index (χ1) is 14.4. The SMILES string of the molecule is COCCN(C(=O)c1ccc(SC(F)(F)F)cc1)c1c(N)n(CC(C)C)c(=O)[nH]c1=O. The minimum atomic E-state index is -4.46. The van der Waals surface area contributed by atoms with Crippen LogP contribution in [0.2, 0.25) is 0 Å². The van der Waals surface area contributed by atoms with E-state index in [4.69, 9.17) is 10.5 Å². The van der Waals surface area contributed by atoms with E-state index in [1.807, 2.05) is 13.8 Å². The number of carbonyl (C=O) groups excluding carboxylic acids is 1. The second kappa shape index (κ2) is 10.1. The van der Waals surface area contributed by atoms with Crippen LogP contribution in [0.25, 0.3) is 0 Å². The van der Waals surface area contributed by atoms with Gasteiger partial charge in [0.15, 0.2) is 5.69 Å². The minimum absolute atomic E-state index is 0.0283. The van der Waals surface area contributed by atoms with Crippen molar-refractivity contribution in [1.82, 2.24) is 9.55 Å². The molecule has 0 saturated heterocycles. The lowest BCUT2D eigenvalue weighted by Gasteiger charge is -2.25. The van der Waals surface area contributed by atoms with E-state index >= 15 is 0 Å². The normalized spacial score (nSPS) is 11.7. The summed E-state index contributed by atoms with van der Waals surface area (Å²) in [4.78, 5) is 41.0. The molecule has 12 heteroatoms. The molecule has 1 amide bonds.